The van der Waals surface area contributed by atoms with E-state index in [0.717, 1.165) is 55.8 Å². The molecule has 25 heavy (non-hydrogen) atoms. The van der Waals surface area contributed by atoms with Crippen LogP contribution < -0.4 is 11.3 Å². The summed E-state index contributed by atoms with van der Waals surface area (Å²) < 4.78 is 7.52. The van der Waals surface area contributed by atoms with Crippen molar-refractivity contribution in [1.82, 2.24) is 14.7 Å². The summed E-state index contributed by atoms with van der Waals surface area (Å²) in [4.78, 5) is 15.1. The fraction of sp³-hybridized carbons (Fsp3) is 0.556. The van der Waals surface area contributed by atoms with Gasteiger partial charge in [0, 0.05) is 30.7 Å². The Balaban J connectivity index is 2.02. The molecule has 0 bridgehead atoms. The number of hydrogen-bond acceptors (Lipinski definition) is 5. The first-order valence-corrected chi connectivity index (χ1v) is 9.49. The van der Waals surface area contributed by atoms with Crippen molar-refractivity contribution in [3.8, 4) is 0 Å². The average molecular weight is 409 g/mol. The van der Waals surface area contributed by atoms with E-state index >= 15 is 0 Å². The molecule has 0 amide bonds. The molecule has 6 nitrogen and oxygen atoms in total. The summed E-state index contributed by atoms with van der Waals surface area (Å²) in [6, 6.07) is 1.95. The van der Waals surface area contributed by atoms with Gasteiger partial charge in [0.2, 0.25) is 0 Å². The quantitative estimate of drug-likeness (QED) is 0.786. The number of morpholine rings is 1. The highest BCUT2D eigenvalue weighted by molar-refractivity contribution is 9.10. The fourth-order valence-corrected chi connectivity index (χ4v) is 3.96. The Hall–Kier alpha value is -1.44. The molecule has 1 aliphatic rings. The highest BCUT2D eigenvalue weighted by atomic mass is 79.9. The third-order valence-corrected chi connectivity index (χ3v) is 5.37. The van der Waals surface area contributed by atoms with E-state index < -0.39 is 0 Å². The standard InChI is InChI=1S/C18H25BrN4O2/c1-11(2)23-18(24)14-10-12(3)13(16(20)15(14)17(19)21-23)4-5-22-6-8-25-9-7-22/h10-11H,4-9,20H2,1-3H3. The van der Waals surface area contributed by atoms with Gasteiger partial charge >= 0.3 is 0 Å². The molecular formula is C18H25BrN4O2. The molecule has 1 saturated heterocycles. The van der Waals surface area contributed by atoms with Crippen molar-refractivity contribution in [2.24, 2.45) is 0 Å². The van der Waals surface area contributed by atoms with Crippen molar-refractivity contribution in [1.29, 1.82) is 0 Å². The summed E-state index contributed by atoms with van der Waals surface area (Å²) in [6.45, 7) is 10.3. The maximum Gasteiger partial charge on any atom is 0.275 e. The molecule has 0 spiro atoms. The second kappa shape index (κ2) is 7.43. The molecule has 0 radical (unpaired) electrons. The summed E-state index contributed by atoms with van der Waals surface area (Å²) >= 11 is 3.51. The Labute approximate surface area is 156 Å². The minimum Gasteiger partial charge on any atom is -0.398 e. The van der Waals surface area contributed by atoms with Gasteiger partial charge in [-0.15, -0.1) is 0 Å². The monoisotopic (exact) mass is 408 g/mol. The van der Waals surface area contributed by atoms with Crippen LogP contribution in [-0.2, 0) is 11.2 Å². The molecule has 2 aromatic rings. The number of aryl methyl sites for hydroxylation is 1. The number of rotatable bonds is 4. The van der Waals surface area contributed by atoms with Gasteiger partial charge in [0.1, 0.15) is 4.60 Å². The van der Waals surface area contributed by atoms with E-state index in [4.69, 9.17) is 10.5 Å². The summed E-state index contributed by atoms with van der Waals surface area (Å²) in [5, 5.41) is 5.75. The number of nitrogens with zero attached hydrogens (tertiary/aromatic N) is 3. The summed E-state index contributed by atoms with van der Waals surface area (Å²) in [5.74, 6) is 0. The Bertz CT molecular complexity index is 841. The Kier molecular flexibility index (Phi) is 5.46. The predicted molar refractivity (Wildman–Crippen MR) is 104 cm³/mol. The van der Waals surface area contributed by atoms with Gasteiger partial charge < -0.3 is 10.5 Å². The maximum atomic E-state index is 12.7. The number of ether oxygens (including phenoxy) is 1. The minimum absolute atomic E-state index is 0.00396. The van der Waals surface area contributed by atoms with Gasteiger partial charge in [-0.2, -0.15) is 5.10 Å². The first kappa shape index (κ1) is 18.4. The van der Waals surface area contributed by atoms with Crippen LogP contribution in [0.2, 0.25) is 0 Å². The molecule has 0 atom stereocenters. The van der Waals surface area contributed by atoms with Crippen LogP contribution >= 0.6 is 15.9 Å². The molecule has 1 aromatic carbocycles. The van der Waals surface area contributed by atoms with Crippen LogP contribution in [0.15, 0.2) is 15.5 Å². The Morgan fingerprint density at radius 1 is 1.36 bits per heavy atom. The number of anilines is 1. The lowest BCUT2D eigenvalue weighted by Gasteiger charge is -2.27. The van der Waals surface area contributed by atoms with Crippen LogP contribution in [0.3, 0.4) is 0 Å². The highest BCUT2D eigenvalue weighted by Gasteiger charge is 2.18. The van der Waals surface area contributed by atoms with E-state index in [1.165, 1.54) is 4.68 Å². The second-order valence-electron chi connectivity index (χ2n) is 6.85. The van der Waals surface area contributed by atoms with E-state index in [1.54, 1.807) is 0 Å². The van der Waals surface area contributed by atoms with E-state index in [0.29, 0.717) is 15.7 Å². The number of aromatic nitrogens is 2. The van der Waals surface area contributed by atoms with Gasteiger partial charge in [-0.25, -0.2) is 4.68 Å². The zero-order chi connectivity index (χ0) is 18.1. The van der Waals surface area contributed by atoms with Gasteiger partial charge in [-0.1, -0.05) is 0 Å². The number of fused-ring (bicyclic) bond motifs is 1. The van der Waals surface area contributed by atoms with Crippen LogP contribution in [-0.4, -0.2) is 47.5 Å². The summed E-state index contributed by atoms with van der Waals surface area (Å²) in [5.41, 5.74) is 9.20. The van der Waals surface area contributed by atoms with Crippen LogP contribution in [0.4, 0.5) is 5.69 Å². The van der Waals surface area contributed by atoms with Gasteiger partial charge in [0.15, 0.2) is 0 Å². The van der Waals surface area contributed by atoms with Crippen molar-refractivity contribution in [3.05, 3.63) is 32.2 Å². The fourth-order valence-electron chi connectivity index (χ4n) is 3.37. The lowest BCUT2D eigenvalue weighted by Crippen LogP contribution is -2.37. The summed E-state index contributed by atoms with van der Waals surface area (Å²) in [6.07, 6.45) is 0.854. The zero-order valence-corrected chi connectivity index (χ0v) is 16.6. The maximum absolute atomic E-state index is 12.7. The largest absolute Gasteiger partial charge is 0.398 e. The first-order valence-electron chi connectivity index (χ1n) is 8.70. The summed E-state index contributed by atoms with van der Waals surface area (Å²) in [7, 11) is 0. The van der Waals surface area contributed by atoms with Gasteiger partial charge in [0.25, 0.3) is 5.56 Å². The predicted octanol–water partition coefficient (Wildman–Crippen LogP) is 2.51. The number of nitrogens with two attached hydrogens (primary N) is 1. The SMILES string of the molecule is Cc1cc2c(=O)n(C(C)C)nc(Br)c2c(N)c1CCN1CCOCC1. The third-order valence-electron chi connectivity index (χ3n) is 4.81. The smallest absolute Gasteiger partial charge is 0.275 e. The topological polar surface area (TPSA) is 73.4 Å². The first-order chi connectivity index (χ1) is 11.9. The van der Waals surface area contributed by atoms with Crippen LogP contribution in [0.1, 0.15) is 31.0 Å². The van der Waals surface area contributed by atoms with Crippen molar-refractivity contribution in [2.45, 2.75) is 33.2 Å². The molecular weight excluding hydrogens is 384 g/mol. The Morgan fingerprint density at radius 3 is 2.68 bits per heavy atom. The lowest BCUT2D eigenvalue weighted by atomic mass is 9.98. The minimum atomic E-state index is -0.0947. The molecule has 136 valence electrons. The van der Waals surface area contributed by atoms with Gasteiger partial charge in [-0.3, -0.25) is 9.69 Å². The van der Waals surface area contributed by atoms with E-state index in [1.807, 2.05) is 26.8 Å². The van der Waals surface area contributed by atoms with E-state index in [2.05, 4.69) is 25.9 Å². The molecule has 1 aliphatic heterocycles. The van der Waals surface area contributed by atoms with Crippen molar-refractivity contribution in [2.75, 3.05) is 38.6 Å². The number of halogens is 1. The molecule has 0 unspecified atom stereocenters. The number of benzene rings is 1. The van der Waals surface area contributed by atoms with Crippen molar-refractivity contribution < 1.29 is 4.74 Å². The molecule has 2 heterocycles. The van der Waals surface area contributed by atoms with Crippen molar-refractivity contribution >= 4 is 32.4 Å². The zero-order valence-electron chi connectivity index (χ0n) is 15.0. The molecule has 2 N–H and O–H groups in total. The third kappa shape index (κ3) is 3.59. The van der Waals surface area contributed by atoms with Gasteiger partial charge in [0.05, 0.1) is 24.6 Å². The molecule has 7 heteroatoms. The normalized spacial score (nSPS) is 16.0. The molecule has 0 aliphatic carbocycles. The molecule has 1 aromatic heterocycles. The molecule has 0 saturated carbocycles. The number of nitrogen functional groups attached to an aromatic ring is 1. The molecule has 3 rings (SSSR count). The van der Waals surface area contributed by atoms with Gasteiger partial charge in [-0.05, 0) is 60.3 Å². The molecule has 1 fully saturated rings. The Morgan fingerprint density at radius 2 is 2.04 bits per heavy atom. The highest BCUT2D eigenvalue weighted by Crippen LogP contribution is 2.31. The lowest BCUT2D eigenvalue weighted by molar-refractivity contribution is 0.0384. The second-order valence-corrected chi connectivity index (χ2v) is 7.60. The van der Waals surface area contributed by atoms with Crippen LogP contribution in [0.5, 0.6) is 0 Å². The van der Waals surface area contributed by atoms with E-state index in [9.17, 15) is 4.79 Å². The van der Waals surface area contributed by atoms with E-state index in [-0.39, 0.29) is 11.6 Å². The van der Waals surface area contributed by atoms with Crippen molar-refractivity contribution in [3.63, 3.8) is 0 Å². The average Bonchev–Trinajstić information content (AvgIpc) is 2.58. The van der Waals surface area contributed by atoms with Crippen LogP contribution in [0.25, 0.3) is 10.8 Å². The number of hydrogen-bond donors (Lipinski definition) is 1. The van der Waals surface area contributed by atoms with Crippen LogP contribution in [0, 0.1) is 6.92 Å².